The van der Waals surface area contributed by atoms with Crippen LogP contribution >= 0.6 is 0 Å². The molecular weight excluding hydrogens is 458 g/mol. The molecule has 0 saturated carbocycles. The number of primary amides is 1. The summed E-state index contributed by atoms with van der Waals surface area (Å²) in [5.74, 6) is -4.48. The Morgan fingerprint density at radius 2 is 1.57 bits per heavy atom. The fraction of sp³-hybridized carbons (Fsp3) is 0.636. The maximum absolute atomic E-state index is 13.0. The predicted octanol–water partition coefficient (Wildman–Crippen LogP) is -1.21. The van der Waals surface area contributed by atoms with Crippen molar-refractivity contribution in [2.75, 3.05) is 0 Å². The van der Waals surface area contributed by atoms with Crippen molar-refractivity contribution >= 4 is 29.6 Å². The Balaban J connectivity index is 3.09. The molecule has 0 aliphatic heterocycles. The summed E-state index contributed by atoms with van der Waals surface area (Å²) >= 11 is 0. The van der Waals surface area contributed by atoms with Crippen molar-refractivity contribution in [3.63, 3.8) is 0 Å². The third-order valence-corrected chi connectivity index (χ3v) is 5.53. The lowest BCUT2D eigenvalue weighted by molar-refractivity contribution is -0.143. The summed E-state index contributed by atoms with van der Waals surface area (Å²) in [6, 6.07) is -4.69. The predicted molar refractivity (Wildman–Crippen MR) is 126 cm³/mol. The molecule has 0 saturated heterocycles. The summed E-state index contributed by atoms with van der Waals surface area (Å²) in [4.78, 5) is 68.4. The summed E-state index contributed by atoms with van der Waals surface area (Å²) < 4.78 is 0. The van der Waals surface area contributed by atoms with Gasteiger partial charge in [0, 0.05) is 18.3 Å². The minimum absolute atomic E-state index is 0.0121. The minimum atomic E-state index is -1.38. The van der Waals surface area contributed by atoms with Crippen LogP contribution in [0.2, 0.25) is 0 Å². The number of carboxylic acids is 1. The van der Waals surface area contributed by atoms with Crippen molar-refractivity contribution in [1.82, 2.24) is 25.9 Å². The third-order valence-electron chi connectivity index (χ3n) is 5.53. The van der Waals surface area contributed by atoms with E-state index in [0.29, 0.717) is 12.1 Å². The van der Waals surface area contributed by atoms with Gasteiger partial charge in [0.15, 0.2) is 0 Å². The summed E-state index contributed by atoms with van der Waals surface area (Å²) in [6.45, 7) is 7.25. The topological polar surface area (TPSA) is 222 Å². The van der Waals surface area contributed by atoms with Gasteiger partial charge in [-0.05, 0) is 18.3 Å². The Bertz CT molecular complexity index is 874. The first-order chi connectivity index (χ1) is 16.3. The van der Waals surface area contributed by atoms with E-state index in [1.165, 1.54) is 12.5 Å². The molecule has 1 aromatic rings. The Kier molecular flexibility index (Phi) is 11.9. The molecule has 13 heteroatoms. The Labute approximate surface area is 204 Å². The quantitative estimate of drug-likeness (QED) is 0.156. The molecule has 13 nitrogen and oxygen atoms in total. The lowest BCUT2D eigenvalue weighted by atomic mass is 9.98. The summed E-state index contributed by atoms with van der Waals surface area (Å²) in [5, 5.41) is 16.8. The van der Waals surface area contributed by atoms with Crippen molar-refractivity contribution in [3.8, 4) is 0 Å². The molecule has 5 atom stereocenters. The van der Waals surface area contributed by atoms with Gasteiger partial charge in [0.25, 0.3) is 0 Å². The second kappa shape index (κ2) is 14.0. The molecule has 1 heterocycles. The molecule has 5 unspecified atom stereocenters. The number of carbonyl (C=O) groups is 5. The van der Waals surface area contributed by atoms with Gasteiger partial charge in [-0.3, -0.25) is 19.2 Å². The number of rotatable bonds is 15. The van der Waals surface area contributed by atoms with Gasteiger partial charge in [0.1, 0.15) is 18.1 Å². The fourth-order valence-corrected chi connectivity index (χ4v) is 3.25. The molecule has 4 amide bonds. The molecule has 35 heavy (non-hydrogen) atoms. The fourth-order valence-electron chi connectivity index (χ4n) is 3.25. The average Bonchev–Trinajstić information content (AvgIpc) is 3.28. The molecular formula is C22H37N7O6. The van der Waals surface area contributed by atoms with E-state index in [4.69, 9.17) is 11.5 Å². The van der Waals surface area contributed by atoms with E-state index in [9.17, 15) is 29.1 Å². The molecule has 0 spiro atoms. The van der Waals surface area contributed by atoms with Crippen molar-refractivity contribution in [1.29, 1.82) is 0 Å². The molecule has 0 aliphatic rings. The standard InChI is InChI=1S/C22H37N7O6/c1-5-12(4)18(24)21(33)28-15(8-17(23)30)20(32)27-14(7-13-9-25-10-26-13)19(31)29-16(22(34)35)6-11(2)3/h9-12,14-16,18H,5-8,24H2,1-4H3,(H2,23,30)(H,25,26)(H,27,32)(H,28,33)(H,29,31)(H,34,35). The number of carbonyl (C=O) groups excluding carboxylic acids is 4. The maximum Gasteiger partial charge on any atom is 0.326 e. The molecule has 0 aromatic carbocycles. The maximum atomic E-state index is 13.0. The van der Waals surface area contributed by atoms with Gasteiger partial charge < -0.3 is 37.5 Å². The molecule has 0 bridgehead atoms. The number of nitrogens with zero attached hydrogens (tertiary/aromatic N) is 1. The van der Waals surface area contributed by atoms with Crippen molar-refractivity contribution in [2.45, 2.75) is 77.5 Å². The Morgan fingerprint density at radius 3 is 2.06 bits per heavy atom. The highest BCUT2D eigenvalue weighted by Gasteiger charge is 2.32. The van der Waals surface area contributed by atoms with Crippen LogP contribution in [0, 0.1) is 11.8 Å². The number of aromatic amines is 1. The van der Waals surface area contributed by atoms with Crippen molar-refractivity contribution in [3.05, 3.63) is 18.2 Å². The van der Waals surface area contributed by atoms with Crippen LogP contribution in [0.1, 0.15) is 52.7 Å². The van der Waals surface area contributed by atoms with E-state index in [1.54, 1.807) is 6.92 Å². The average molecular weight is 496 g/mol. The smallest absolute Gasteiger partial charge is 0.326 e. The zero-order valence-electron chi connectivity index (χ0n) is 20.5. The zero-order valence-corrected chi connectivity index (χ0v) is 20.5. The molecule has 0 aliphatic carbocycles. The van der Waals surface area contributed by atoms with Crippen LogP contribution in [0.25, 0.3) is 0 Å². The van der Waals surface area contributed by atoms with E-state index in [2.05, 4.69) is 25.9 Å². The Hall–Kier alpha value is -3.48. The van der Waals surface area contributed by atoms with E-state index in [-0.39, 0.29) is 24.7 Å². The molecule has 1 rings (SSSR count). The van der Waals surface area contributed by atoms with Crippen LogP contribution in [-0.2, 0) is 30.4 Å². The van der Waals surface area contributed by atoms with Gasteiger partial charge in [-0.15, -0.1) is 0 Å². The van der Waals surface area contributed by atoms with Gasteiger partial charge in [-0.2, -0.15) is 0 Å². The van der Waals surface area contributed by atoms with Crippen LogP contribution in [0.15, 0.2) is 12.5 Å². The third kappa shape index (κ3) is 10.1. The second-order valence-corrected chi connectivity index (χ2v) is 9.01. The molecule has 1 aromatic heterocycles. The van der Waals surface area contributed by atoms with Crippen LogP contribution in [0.4, 0.5) is 0 Å². The molecule has 0 fully saturated rings. The number of hydrogen-bond donors (Lipinski definition) is 7. The normalized spacial score (nSPS) is 15.4. The summed E-state index contributed by atoms with van der Waals surface area (Å²) in [6.07, 6.45) is 3.07. The highest BCUT2D eigenvalue weighted by molar-refractivity contribution is 5.96. The lowest BCUT2D eigenvalue weighted by Crippen LogP contribution is -2.58. The van der Waals surface area contributed by atoms with Crippen molar-refractivity contribution in [2.24, 2.45) is 23.3 Å². The zero-order chi connectivity index (χ0) is 26.7. The highest BCUT2D eigenvalue weighted by Crippen LogP contribution is 2.08. The molecule has 9 N–H and O–H groups in total. The van der Waals surface area contributed by atoms with E-state index >= 15 is 0 Å². The monoisotopic (exact) mass is 495 g/mol. The number of amides is 4. The number of nitrogens with two attached hydrogens (primary N) is 2. The summed E-state index contributed by atoms with van der Waals surface area (Å²) in [5.41, 5.74) is 11.7. The largest absolute Gasteiger partial charge is 0.480 e. The summed E-state index contributed by atoms with van der Waals surface area (Å²) in [7, 11) is 0. The SMILES string of the molecule is CCC(C)C(N)C(=O)NC(CC(N)=O)C(=O)NC(Cc1cnc[nH]1)C(=O)NC(CC(C)C)C(=O)O. The number of aromatic nitrogens is 2. The first-order valence-corrected chi connectivity index (χ1v) is 11.5. The van der Waals surface area contributed by atoms with Gasteiger partial charge in [-0.25, -0.2) is 9.78 Å². The number of imidazole rings is 1. The number of nitrogens with one attached hydrogen (secondary N) is 4. The van der Waals surface area contributed by atoms with E-state index < -0.39 is 60.2 Å². The van der Waals surface area contributed by atoms with Crippen molar-refractivity contribution < 1.29 is 29.1 Å². The van der Waals surface area contributed by atoms with Gasteiger partial charge >= 0.3 is 5.97 Å². The molecule has 196 valence electrons. The van der Waals surface area contributed by atoms with Crippen LogP contribution in [0.5, 0.6) is 0 Å². The number of hydrogen-bond acceptors (Lipinski definition) is 7. The number of H-pyrrole nitrogens is 1. The number of carboxylic acid groups (broad SMARTS) is 1. The molecule has 0 radical (unpaired) electrons. The van der Waals surface area contributed by atoms with Gasteiger partial charge in [0.2, 0.25) is 23.6 Å². The van der Waals surface area contributed by atoms with Crippen LogP contribution in [0.3, 0.4) is 0 Å². The van der Waals surface area contributed by atoms with E-state index in [1.807, 2.05) is 20.8 Å². The minimum Gasteiger partial charge on any atom is -0.480 e. The van der Waals surface area contributed by atoms with Gasteiger partial charge in [-0.1, -0.05) is 34.1 Å². The second-order valence-electron chi connectivity index (χ2n) is 9.01. The number of aliphatic carboxylic acids is 1. The lowest BCUT2D eigenvalue weighted by Gasteiger charge is -2.25. The van der Waals surface area contributed by atoms with Crippen LogP contribution in [-0.4, -0.2) is 68.8 Å². The van der Waals surface area contributed by atoms with Crippen LogP contribution < -0.4 is 27.4 Å². The van der Waals surface area contributed by atoms with Gasteiger partial charge in [0.05, 0.1) is 18.8 Å². The Morgan fingerprint density at radius 1 is 1.00 bits per heavy atom. The first-order valence-electron chi connectivity index (χ1n) is 11.5. The van der Waals surface area contributed by atoms with E-state index in [0.717, 1.165) is 0 Å². The highest BCUT2D eigenvalue weighted by atomic mass is 16.4. The first kappa shape index (κ1) is 29.6.